The fraction of sp³-hybridized carbons (Fsp3) is 0.381. The van der Waals surface area contributed by atoms with Crippen molar-refractivity contribution in [2.75, 3.05) is 18.1 Å². The van der Waals surface area contributed by atoms with Crippen LogP contribution in [0.4, 0.5) is 5.69 Å². The molecule has 3 rings (SSSR count). The van der Waals surface area contributed by atoms with Gasteiger partial charge in [0.2, 0.25) is 0 Å². The molecule has 0 unspecified atom stereocenters. The van der Waals surface area contributed by atoms with E-state index in [2.05, 4.69) is 16.9 Å². The van der Waals surface area contributed by atoms with Gasteiger partial charge in [-0.25, -0.2) is 0 Å². The number of nitrogens with zero attached hydrogens (tertiary/aromatic N) is 4. The smallest absolute Gasteiger partial charge is 0.264 e. The standard InChI is InChI=1S/C21H26N4O3/c1-3-12-25-19-10-5-4-9-18(19)21(28,20(25)27)16(2)8-6-7-13-24-15-17(11-14-26)22-23-24/h3-6,8-10,15-16,26,28H,1,7,11-14H2,2H3/b8-6+/t16-,21+/m1/s1. The Bertz CT molecular complexity index is 876. The molecule has 0 saturated heterocycles. The van der Waals surface area contributed by atoms with Crippen molar-refractivity contribution >= 4 is 11.6 Å². The second-order valence-corrected chi connectivity index (χ2v) is 6.94. The Morgan fingerprint density at radius 2 is 2.14 bits per heavy atom. The zero-order valence-corrected chi connectivity index (χ0v) is 16.0. The number of hydrogen-bond donors (Lipinski definition) is 2. The molecule has 0 saturated carbocycles. The zero-order valence-electron chi connectivity index (χ0n) is 16.0. The summed E-state index contributed by atoms with van der Waals surface area (Å²) in [5, 5.41) is 28.3. The van der Waals surface area contributed by atoms with Crippen molar-refractivity contribution in [1.29, 1.82) is 0 Å². The lowest BCUT2D eigenvalue weighted by molar-refractivity contribution is -0.139. The Morgan fingerprint density at radius 1 is 1.36 bits per heavy atom. The predicted molar refractivity (Wildman–Crippen MR) is 107 cm³/mol. The Balaban J connectivity index is 1.70. The van der Waals surface area contributed by atoms with Crippen molar-refractivity contribution < 1.29 is 15.0 Å². The number of carbonyl (C=O) groups excluding carboxylic acids is 1. The van der Waals surface area contributed by atoms with Crippen LogP contribution in [-0.2, 0) is 23.4 Å². The first-order chi connectivity index (χ1) is 13.5. The van der Waals surface area contributed by atoms with Crippen molar-refractivity contribution in [2.24, 2.45) is 5.92 Å². The highest BCUT2D eigenvalue weighted by atomic mass is 16.3. The van der Waals surface area contributed by atoms with E-state index in [9.17, 15) is 9.90 Å². The second kappa shape index (κ2) is 8.50. The summed E-state index contributed by atoms with van der Waals surface area (Å²) in [6.07, 6.45) is 8.46. The average Bonchev–Trinajstić information content (AvgIpc) is 3.23. The summed E-state index contributed by atoms with van der Waals surface area (Å²) in [5.41, 5.74) is 0.528. The highest BCUT2D eigenvalue weighted by Crippen LogP contribution is 2.44. The van der Waals surface area contributed by atoms with Crippen LogP contribution >= 0.6 is 0 Å². The molecule has 0 fully saturated rings. The maximum Gasteiger partial charge on any atom is 0.264 e. The Labute approximate surface area is 164 Å². The van der Waals surface area contributed by atoms with Crippen molar-refractivity contribution in [2.45, 2.75) is 31.9 Å². The lowest BCUT2D eigenvalue weighted by Gasteiger charge is -2.27. The maximum absolute atomic E-state index is 13.0. The molecule has 2 atom stereocenters. The van der Waals surface area contributed by atoms with Crippen molar-refractivity contribution in [3.05, 3.63) is 66.5 Å². The van der Waals surface area contributed by atoms with Crippen LogP contribution in [0.2, 0.25) is 0 Å². The lowest BCUT2D eigenvalue weighted by atomic mass is 9.83. The number of amides is 1. The minimum atomic E-state index is -1.59. The maximum atomic E-state index is 13.0. The van der Waals surface area contributed by atoms with Gasteiger partial charge in [-0.2, -0.15) is 0 Å². The third-order valence-electron chi connectivity index (χ3n) is 5.05. The zero-order chi connectivity index (χ0) is 20.1. The minimum Gasteiger partial charge on any atom is -0.396 e. The van der Waals surface area contributed by atoms with Crippen LogP contribution in [0.25, 0.3) is 0 Å². The summed E-state index contributed by atoms with van der Waals surface area (Å²) in [6, 6.07) is 7.34. The SMILES string of the molecule is C=CCN1C(=O)[C@](O)([C@H](C)/C=C/CCn2cc(CCO)nn2)c2ccccc21. The molecule has 1 aromatic carbocycles. The van der Waals surface area contributed by atoms with E-state index >= 15 is 0 Å². The predicted octanol–water partition coefficient (Wildman–Crippen LogP) is 1.82. The molecule has 148 valence electrons. The number of fused-ring (bicyclic) bond motifs is 1. The summed E-state index contributed by atoms with van der Waals surface area (Å²) in [6.45, 7) is 6.59. The number of rotatable bonds is 9. The van der Waals surface area contributed by atoms with Gasteiger partial charge in [0.15, 0.2) is 5.60 Å². The second-order valence-electron chi connectivity index (χ2n) is 6.94. The Morgan fingerprint density at radius 3 is 2.89 bits per heavy atom. The summed E-state index contributed by atoms with van der Waals surface area (Å²) < 4.78 is 1.72. The van der Waals surface area contributed by atoms with E-state index in [4.69, 9.17) is 5.11 Å². The topological polar surface area (TPSA) is 91.5 Å². The third kappa shape index (κ3) is 3.63. The fourth-order valence-electron chi connectivity index (χ4n) is 3.54. The van der Waals surface area contributed by atoms with Crippen LogP contribution < -0.4 is 4.90 Å². The van der Waals surface area contributed by atoms with Gasteiger partial charge in [0.1, 0.15) is 0 Å². The normalized spacial score (nSPS) is 20.0. The molecule has 0 aliphatic carbocycles. The molecule has 1 aliphatic heterocycles. The molecular formula is C21H26N4O3. The molecule has 0 radical (unpaired) electrons. The molecular weight excluding hydrogens is 356 g/mol. The minimum absolute atomic E-state index is 0.0487. The summed E-state index contributed by atoms with van der Waals surface area (Å²) in [7, 11) is 0. The molecule has 2 aromatic rings. The number of carbonyl (C=O) groups is 1. The summed E-state index contributed by atoms with van der Waals surface area (Å²) in [5.74, 6) is -0.715. The number of anilines is 1. The number of aliphatic hydroxyl groups excluding tert-OH is 1. The van der Waals surface area contributed by atoms with Crippen LogP contribution in [0, 0.1) is 5.92 Å². The van der Waals surface area contributed by atoms with Gasteiger partial charge < -0.3 is 15.1 Å². The molecule has 1 amide bonds. The number of aryl methyl sites for hydroxylation is 1. The molecule has 1 aromatic heterocycles. The van der Waals surface area contributed by atoms with Crippen LogP contribution in [-0.4, -0.2) is 44.3 Å². The average molecular weight is 382 g/mol. The number of aromatic nitrogens is 3. The van der Waals surface area contributed by atoms with Gasteiger partial charge in [0, 0.05) is 43.8 Å². The first-order valence-corrected chi connectivity index (χ1v) is 9.43. The Kier molecular flexibility index (Phi) is 6.06. The van der Waals surface area contributed by atoms with Gasteiger partial charge >= 0.3 is 0 Å². The van der Waals surface area contributed by atoms with E-state index in [1.165, 1.54) is 0 Å². The molecule has 28 heavy (non-hydrogen) atoms. The van der Waals surface area contributed by atoms with Crippen molar-refractivity contribution in [1.82, 2.24) is 15.0 Å². The van der Waals surface area contributed by atoms with E-state index < -0.39 is 11.5 Å². The monoisotopic (exact) mass is 382 g/mol. The van der Waals surface area contributed by atoms with Crippen molar-refractivity contribution in [3.63, 3.8) is 0 Å². The molecule has 2 N–H and O–H groups in total. The summed E-state index contributed by atoms with van der Waals surface area (Å²) >= 11 is 0. The van der Waals surface area contributed by atoms with Gasteiger partial charge in [-0.1, -0.05) is 48.6 Å². The number of hydrogen-bond acceptors (Lipinski definition) is 5. The van der Waals surface area contributed by atoms with Crippen LogP contribution in [0.3, 0.4) is 0 Å². The van der Waals surface area contributed by atoms with E-state index in [0.717, 1.165) is 11.4 Å². The first kappa shape index (κ1) is 20.0. The van der Waals surface area contributed by atoms with Crippen LogP contribution in [0.15, 0.2) is 55.3 Å². The van der Waals surface area contributed by atoms with Gasteiger partial charge in [-0.05, 0) is 12.5 Å². The van der Waals surface area contributed by atoms with Gasteiger partial charge in [-0.15, -0.1) is 11.7 Å². The van der Waals surface area contributed by atoms with Crippen LogP contribution in [0.5, 0.6) is 0 Å². The van der Waals surface area contributed by atoms with Gasteiger partial charge in [0.25, 0.3) is 5.91 Å². The lowest BCUT2D eigenvalue weighted by Crippen LogP contribution is -2.44. The van der Waals surface area contributed by atoms with Crippen LogP contribution in [0.1, 0.15) is 24.6 Å². The third-order valence-corrected chi connectivity index (χ3v) is 5.05. The molecule has 7 heteroatoms. The van der Waals surface area contributed by atoms with Gasteiger partial charge in [0.05, 0.1) is 11.4 Å². The van der Waals surface area contributed by atoms with E-state index in [1.807, 2.05) is 43.5 Å². The number of allylic oxidation sites excluding steroid dienone is 1. The molecule has 1 aliphatic rings. The fourth-order valence-corrected chi connectivity index (χ4v) is 3.54. The van der Waals surface area contributed by atoms with Gasteiger partial charge in [-0.3, -0.25) is 9.48 Å². The Hall–Kier alpha value is -2.77. The van der Waals surface area contributed by atoms with E-state index in [1.54, 1.807) is 21.7 Å². The number of aliphatic hydroxyl groups is 2. The highest BCUT2D eigenvalue weighted by Gasteiger charge is 2.51. The van der Waals surface area contributed by atoms with Crippen molar-refractivity contribution in [3.8, 4) is 0 Å². The molecule has 2 heterocycles. The molecule has 0 spiro atoms. The highest BCUT2D eigenvalue weighted by molar-refractivity contribution is 6.07. The first-order valence-electron chi connectivity index (χ1n) is 9.43. The number of benzene rings is 1. The molecule has 0 bridgehead atoms. The largest absolute Gasteiger partial charge is 0.396 e. The molecule has 7 nitrogen and oxygen atoms in total. The van der Waals surface area contributed by atoms with E-state index in [0.29, 0.717) is 31.5 Å². The quantitative estimate of drug-likeness (QED) is 0.646. The number of para-hydroxylation sites is 1. The summed E-state index contributed by atoms with van der Waals surface area (Å²) in [4.78, 5) is 14.6. The van der Waals surface area contributed by atoms with E-state index in [-0.39, 0.29) is 12.5 Å².